The van der Waals surface area contributed by atoms with Crippen molar-refractivity contribution < 1.29 is 9.53 Å². The summed E-state index contributed by atoms with van der Waals surface area (Å²) in [5.41, 5.74) is 0. The minimum atomic E-state index is -0.921. The molecule has 2 nitrogen and oxygen atoms in total. The second kappa shape index (κ2) is 19.9. The quantitative estimate of drug-likeness (QED) is 0.0819. The van der Waals surface area contributed by atoms with Crippen LogP contribution in [0.3, 0.4) is 0 Å². The summed E-state index contributed by atoms with van der Waals surface area (Å²) < 4.78 is 5.25. The molecule has 0 spiro atoms. The molecular weight excluding hydrogens is 363 g/mol. The molecule has 0 aliphatic carbocycles. The van der Waals surface area contributed by atoms with Crippen molar-refractivity contribution in [1.29, 1.82) is 0 Å². The fourth-order valence-electron chi connectivity index (χ4n) is 4.01. The first-order valence-corrected chi connectivity index (χ1v) is 14.8. The molecule has 0 aromatic carbocycles. The van der Waals surface area contributed by atoms with Gasteiger partial charge in [-0.25, -0.2) is 4.79 Å². The smallest absolute Gasteiger partial charge is 0.330 e. The molecule has 28 heavy (non-hydrogen) atoms. The Labute approximate surface area is 177 Å². The van der Waals surface area contributed by atoms with Crippen LogP contribution in [0.2, 0.25) is 0 Å². The van der Waals surface area contributed by atoms with Gasteiger partial charge < -0.3 is 4.74 Å². The van der Waals surface area contributed by atoms with Crippen LogP contribution in [0.25, 0.3) is 0 Å². The van der Waals surface area contributed by atoms with Crippen LogP contribution >= 0.6 is 7.26 Å². The molecule has 0 atom stereocenters. The molecule has 166 valence electrons. The average Bonchev–Trinajstić information content (AvgIpc) is 2.72. The van der Waals surface area contributed by atoms with Crippen molar-refractivity contribution in [1.82, 2.24) is 0 Å². The van der Waals surface area contributed by atoms with Crippen molar-refractivity contribution in [2.45, 2.75) is 111 Å². The van der Waals surface area contributed by atoms with Crippen LogP contribution in [0.1, 0.15) is 111 Å². The standard InChI is InChI=1S/C25H50O2P/c1-5-9-10-11-12-13-14-15-16-17-18-19-20-21-23-28(7-3,8-4)24-22-27-25(26)6-2/h6H,2,5,7-24H2,1,3-4H3/q+1. The number of carbonyl (C=O) groups excluding carboxylic acids is 1. The number of esters is 1. The zero-order valence-electron chi connectivity index (χ0n) is 19.5. The molecule has 0 fully saturated rings. The van der Waals surface area contributed by atoms with Gasteiger partial charge in [-0.2, -0.15) is 0 Å². The number of unbranched alkanes of at least 4 members (excludes halogenated alkanes) is 13. The highest BCUT2D eigenvalue weighted by molar-refractivity contribution is 7.75. The van der Waals surface area contributed by atoms with Crippen LogP contribution in [-0.2, 0) is 9.53 Å². The maximum absolute atomic E-state index is 11.2. The predicted molar refractivity (Wildman–Crippen MR) is 129 cm³/mol. The molecule has 0 aromatic heterocycles. The van der Waals surface area contributed by atoms with Crippen LogP contribution < -0.4 is 0 Å². The summed E-state index contributed by atoms with van der Waals surface area (Å²) in [5, 5.41) is 0. The summed E-state index contributed by atoms with van der Waals surface area (Å²) in [6.07, 6.45) is 26.2. The molecule has 3 heteroatoms. The van der Waals surface area contributed by atoms with E-state index in [9.17, 15) is 4.79 Å². The maximum atomic E-state index is 11.2. The van der Waals surface area contributed by atoms with Crippen LogP contribution in [0.15, 0.2) is 12.7 Å². The number of hydrogen-bond acceptors (Lipinski definition) is 2. The van der Waals surface area contributed by atoms with Gasteiger partial charge in [-0.1, -0.05) is 90.6 Å². The van der Waals surface area contributed by atoms with Gasteiger partial charge in [0.25, 0.3) is 0 Å². The lowest BCUT2D eigenvalue weighted by Crippen LogP contribution is -2.15. The molecular formula is C25H50O2P+. The lowest BCUT2D eigenvalue weighted by Gasteiger charge is -2.25. The van der Waals surface area contributed by atoms with E-state index in [2.05, 4.69) is 27.4 Å². The normalized spacial score (nSPS) is 11.5. The van der Waals surface area contributed by atoms with E-state index < -0.39 is 7.26 Å². The zero-order valence-corrected chi connectivity index (χ0v) is 20.4. The van der Waals surface area contributed by atoms with Gasteiger partial charge in [-0.05, 0) is 26.7 Å². The number of ether oxygens (including phenoxy) is 1. The first-order valence-electron chi connectivity index (χ1n) is 12.3. The third-order valence-electron chi connectivity index (χ3n) is 6.30. The van der Waals surface area contributed by atoms with Gasteiger partial charge in [0.2, 0.25) is 0 Å². The van der Waals surface area contributed by atoms with Gasteiger partial charge in [0.1, 0.15) is 6.61 Å². The minimum absolute atomic E-state index is 0.276. The van der Waals surface area contributed by atoms with Gasteiger partial charge in [-0.15, -0.1) is 0 Å². The van der Waals surface area contributed by atoms with E-state index in [-0.39, 0.29) is 5.97 Å². The SMILES string of the molecule is C=CC(=O)OCC[P+](CC)(CC)CCCCCCCCCCCCCCCC. The molecule has 0 N–H and O–H groups in total. The predicted octanol–water partition coefficient (Wildman–Crippen LogP) is 8.25. The van der Waals surface area contributed by atoms with E-state index >= 15 is 0 Å². The lowest BCUT2D eigenvalue weighted by molar-refractivity contribution is -0.137. The number of hydrogen-bond donors (Lipinski definition) is 0. The first kappa shape index (κ1) is 27.6. The second-order valence-corrected chi connectivity index (χ2v) is 13.2. The van der Waals surface area contributed by atoms with Crippen molar-refractivity contribution >= 4 is 13.2 Å². The van der Waals surface area contributed by atoms with Crippen molar-refractivity contribution in [3.8, 4) is 0 Å². The molecule has 0 aromatic rings. The fraction of sp³-hybridized carbons (Fsp3) is 0.880. The highest BCUT2D eigenvalue weighted by Gasteiger charge is 2.32. The van der Waals surface area contributed by atoms with E-state index in [1.54, 1.807) is 0 Å². The Bertz CT molecular complexity index is 364. The van der Waals surface area contributed by atoms with Crippen molar-refractivity contribution in [3.63, 3.8) is 0 Å². The molecule has 0 saturated carbocycles. The van der Waals surface area contributed by atoms with Crippen molar-refractivity contribution in [2.24, 2.45) is 0 Å². The Morgan fingerprint density at radius 3 is 1.54 bits per heavy atom. The summed E-state index contributed by atoms with van der Waals surface area (Å²) >= 11 is 0. The Hall–Kier alpha value is -0.360. The van der Waals surface area contributed by atoms with Crippen LogP contribution in [0.5, 0.6) is 0 Å². The zero-order chi connectivity index (χ0) is 20.9. The van der Waals surface area contributed by atoms with Gasteiger partial charge in [-0.3, -0.25) is 0 Å². The highest BCUT2D eigenvalue weighted by Crippen LogP contribution is 2.58. The van der Waals surface area contributed by atoms with E-state index in [0.29, 0.717) is 6.61 Å². The summed E-state index contributed by atoms with van der Waals surface area (Å²) in [4.78, 5) is 11.2. The first-order chi connectivity index (χ1) is 13.6. The minimum Gasteiger partial charge on any atom is -0.459 e. The molecule has 0 aliphatic rings. The van der Waals surface area contributed by atoms with Gasteiger partial charge in [0.15, 0.2) is 0 Å². The van der Waals surface area contributed by atoms with Gasteiger partial charge >= 0.3 is 5.97 Å². The summed E-state index contributed by atoms with van der Waals surface area (Å²) in [6.45, 7) is 11.0. The summed E-state index contributed by atoms with van der Waals surface area (Å²) in [7, 11) is -0.921. The molecule has 0 unspecified atom stereocenters. The van der Waals surface area contributed by atoms with Crippen LogP contribution in [0, 0.1) is 0 Å². The van der Waals surface area contributed by atoms with Crippen LogP contribution in [0.4, 0.5) is 0 Å². The fourth-order valence-corrected chi connectivity index (χ4v) is 7.32. The third kappa shape index (κ3) is 15.5. The largest absolute Gasteiger partial charge is 0.459 e. The average molecular weight is 414 g/mol. The monoisotopic (exact) mass is 413 g/mol. The van der Waals surface area contributed by atoms with E-state index in [1.807, 2.05) is 0 Å². The van der Waals surface area contributed by atoms with Crippen molar-refractivity contribution in [3.05, 3.63) is 12.7 Å². The summed E-state index contributed by atoms with van der Waals surface area (Å²) in [6, 6.07) is 0. The molecule has 0 radical (unpaired) electrons. The second-order valence-electron chi connectivity index (χ2n) is 8.39. The molecule has 0 amide bonds. The molecule has 0 rings (SSSR count). The van der Waals surface area contributed by atoms with Gasteiger partial charge in [0, 0.05) is 13.3 Å². The number of rotatable bonds is 21. The van der Waals surface area contributed by atoms with Crippen LogP contribution in [-0.4, -0.2) is 37.2 Å². The Morgan fingerprint density at radius 2 is 1.14 bits per heavy atom. The lowest BCUT2D eigenvalue weighted by atomic mass is 10.0. The molecule has 0 saturated heterocycles. The Morgan fingerprint density at radius 1 is 0.714 bits per heavy atom. The topological polar surface area (TPSA) is 26.3 Å². The molecule has 0 bridgehead atoms. The molecule has 0 heterocycles. The Balaban J connectivity index is 3.59. The summed E-state index contributed by atoms with van der Waals surface area (Å²) in [5.74, 6) is -0.276. The van der Waals surface area contributed by atoms with E-state index in [0.717, 1.165) is 6.16 Å². The maximum Gasteiger partial charge on any atom is 0.330 e. The van der Waals surface area contributed by atoms with E-state index in [1.165, 1.54) is 114 Å². The third-order valence-corrected chi connectivity index (χ3v) is 11.4. The van der Waals surface area contributed by atoms with E-state index in [4.69, 9.17) is 4.74 Å². The van der Waals surface area contributed by atoms with Crippen molar-refractivity contribution in [2.75, 3.05) is 31.3 Å². The Kier molecular flexibility index (Phi) is 19.7. The molecule has 0 aliphatic heterocycles. The number of carbonyl (C=O) groups is 1. The van der Waals surface area contributed by atoms with Gasteiger partial charge in [0.05, 0.1) is 24.6 Å². The highest BCUT2D eigenvalue weighted by atomic mass is 31.2.